The molecule has 5 nitrogen and oxygen atoms in total. The molecule has 1 aliphatic heterocycles. The summed E-state index contributed by atoms with van der Waals surface area (Å²) in [5.41, 5.74) is 6.76. The van der Waals surface area contributed by atoms with E-state index >= 15 is 0 Å². The van der Waals surface area contributed by atoms with Gasteiger partial charge >= 0.3 is 145 Å². The summed E-state index contributed by atoms with van der Waals surface area (Å²) in [6.45, 7) is 11.6. The fraction of sp³-hybridized carbons (Fsp3) is 0.667. The van der Waals surface area contributed by atoms with E-state index in [9.17, 15) is 4.79 Å². The fourth-order valence-electron chi connectivity index (χ4n) is 2.59. The maximum atomic E-state index is 12.1. The van der Waals surface area contributed by atoms with Crippen LogP contribution in [0.1, 0.15) is 53.0 Å². The second kappa shape index (κ2) is 8.75. The van der Waals surface area contributed by atoms with Crippen LogP contribution < -0.4 is 8.63 Å². The number of likely N-dealkylation sites (tertiary alicyclic amines) is 1. The van der Waals surface area contributed by atoms with E-state index in [-0.39, 0.29) is 12.1 Å². The van der Waals surface area contributed by atoms with Gasteiger partial charge in [-0.1, -0.05) is 0 Å². The van der Waals surface area contributed by atoms with E-state index in [1.165, 1.54) is 2.89 Å². The Kier molecular flexibility index (Phi) is 7.19. The third-order valence-electron chi connectivity index (χ3n) is 3.76. The van der Waals surface area contributed by atoms with Crippen molar-refractivity contribution in [3.63, 3.8) is 0 Å². The Balaban J connectivity index is 1.86. The van der Waals surface area contributed by atoms with E-state index in [1.54, 1.807) is 16.2 Å². The maximum absolute atomic E-state index is 12.1. The molecule has 2 N–H and O–H groups in total. The van der Waals surface area contributed by atoms with E-state index in [0.717, 1.165) is 27.3 Å². The van der Waals surface area contributed by atoms with Crippen LogP contribution in [0.2, 0.25) is 3.93 Å². The summed E-state index contributed by atoms with van der Waals surface area (Å²) in [6.07, 6.45) is 3.45. The van der Waals surface area contributed by atoms with Gasteiger partial charge in [-0.2, -0.15) is 0 Å². The van der Waals surface area contributed by atoms with Gasteiger partial charge in [0.1, 0.15) is 0 Å². The predicted molar refractivity (Wildman–Crippen MR) is 108 cm³/mol. The minimum atomic E-state index is -0.516. The average Bonchev–Trinajstić information content (AvgIpc) is 2.82. The van der Waals surface area contributed by atoms with Crippen LogP contribution in [0.25, 0.3) is 0 Å². The van der Waals surface area contributed by atoms with Crippen molar-refractivity contribution in [2.45, 2.75) is 63.0 Å². The SMILES string of the molecule is C[CH](C)[Sn][c]1cc(C=NC2CCN(C(=O)OC(C)(C)C)CC2)c(N)s1. The molecular weight excluding hydrogens is 441 g/mol. The van der Waals surface area contributed by atoms with Crippen molar-refractivity contribution in [1.29, 1.82) is 0 Å². The second-order valence-electron chi connectivity index (χ2n) is 7.71. The quantitative estimate of drug-likeness (QED) is 0.543. The molecule has 1 aromatic rings. The Morgan fingerprint density at radius 2 is 2.08 bits per heavy atom. The van der Waals surface area contributed by atoms with Gasteiger partial charge in [-0.3, -0.25) is 0 Å². The van der Waals surface area contributed by atoms with Crippen LogP contribution in [0.3, 0.4) is 0 Å². The molecular formula is C18H29N3O2SSn. The fourth-order valence-corrected chi connectivity index (χ4v) is 8.63. The first-order valence-corrected chi connectivity index (χ1v) is 12.7. The second-order valence-corrected chi connectivity index (χ2v) is 15.5. The van der Waals surface area contributed by atoms with Gasteiger partial charge in [0, 0.05) is 0 Å². The molecule has 0 aromatic carbocycles. The number of ether oxygens (including phenoxy) is 1. The Labute approximate surface area is 165 Å². The third kappa shape index (κ3) is 6.81. The van der Waals surface area contributed by atoms with Crippen LogP contribution in [-0.4, -0.2) is 63.1 Å². The van der Waals surface area contributed by atoms with Crippen LogP contribution in [0.5, 0.6) is 0 Å². The molecule has 138 valence electrons. The molecule has 1 fully saturated rings. The summed E-state index contributed by atoms with van der Waals surface area (Å²) in [5.74, 6) is 0. The van der Waals surface area contributed by atoms with Crippen molar-refractivity contribution in [2.24, 2.45) is 4.99 Å². The number of nitrogens with two attached hydrogens (primary N) is 1. The molecule has 0 saturated carbocycles. The molecule has 2 radical (unpaired) electrons. The molecule has 7 heteroatoms. The van der Waals surface area contributed by atoms with Crippen LogP contribution in [0.4, 0.5) is 9.80 Å². The van der Waals surface area contributed by atoms with Crippen molar-refractivity contribution in [3.8, 4) is 0 Å². The third-order valence-corrected chi connectivity index (χ3v) is 9.09. The number of hydrogen-bond donors (Lipinski definition) is 1. The molecule has 0 bridgehead atoms. The zero-order valence-electron chi connectivity index (χ0n) is 15.8. The van der Waals surface area contributed by atoms with E-state index in [0.29, 0.717) is 13.1 Å². The molecule has 1 aliphatic rings. The van der Waals surface area contributed by atoms with Crippen molar-refractivity contribution >= 4 is 52.7 Å². The van der Waals surface area contributed by atoms with E-state index in [4.69, 9.17) is 15.5 Å². The number of amides is 1. The van der Waals surface area contributed by atoms with Crippen LogP contribution in [0, 0.1) is 0 Å². The van der Waals surface area contributed by atoms with Gasteiger partial charge in [0.05, 0.1) is 0 Å². The van der Waals surface area contributed by atoms with Gasteiger partial charge in [-0.25, -0.2) is 0 Å². The standard InChI is InChI=1S/C15H22N3O2S.C3H7.Sn/c1-15(2,3)20-14(19)18-7-4-12(5-8-18)17-10-11-6-9-21-13(11)16;1-3-2;/h6,10,12H,4-5,7-8,16H2,1-3H3;3H,1-2H3;. The number of anilines is 1. The van der Waals surface area contributed by atoms with Crippen LogP contribution in [0.15, 0.2) is 11.1 Å². The van der Waals surface area contributed by atoms with E-state index in [2.05, 4.69) is 19.9 Å². The minimum absolute atomic E-state index is 0.221. The first-order valence-electron chi connectivity index (χ1n) is 8.81. The Morgan fingerprint density at radius 1 is 1.44 bits per heavy atom. The van der Waals surface area contributed by atoms with Crippen LogP contribution >= 0.6 is 11.3 Å². The zero-order valence-corrected chi connectivity index (χ0v) is 19.5. The summed E-state index contributed by atoms with van der Waals surface area (Å²) in [4.78, 5) is 18.6. The number of hydrogen-bond acceptors (Lipinski definition) is 5. The van der Waals surface area contributed by atoms with Crippen molar-refractivity contribution < 1.29 is 9.53 Å². The first kappa shape index (κ1) is 20.5. The van der Waals surface area contributed by atoms with Gasteiger partial charge < -0.3 is 0 Å². The van der Waals surface area contributed by atoms with Crippen molar-refractivity contribution in [3.05, 3.63) is 11.6 Å². The first-order chi connectivity index (χ1) is 11.6. The average molecular weight is 470 g/mol. The Morgan fingerprint density at radius 3 is 2.64 bits per heavy atom. The van der Waals surface area contributed by atoms with Crippen molar-refractivity contribution in [1.82, 2.24) is 4.90 Å². The van der Waals surface area contributed by atoms with Gasteiger partial charge in [0.2, 0.25) is 0 Å². The summed E-state index contributed by atoms with van der Waals surface area (Å²) in [7, 11) is 0. The molecule has 2 rings (SSSR count). The van der Waals surface area contributed by atoms with E-state index < -0.39 is 26.7 Å². The summed E-state index contributed by atoms with van der Waals surface area (Å²) >= 11 is 1.22. The van der Waals surface area contributed by atoms with Gasteiger partial charge in [0.25, 0.3) is 0 Å². The number of carbonyl (C=O) groups is 1. The summed E-state index contributed by atoms with van der Waals surface area (Å²) in [6, 6.07) is 2.48. The number of aliphatic imine (C=N–C) groups is 1. The zero-order chi connectivity index (χ0) is 18.6. The molecule has 0 aliphatic carbocycles. The normalized spacial score (nSPS) is 16.8. The molecule has 1 aromatic heterocycles. The molecule has 0 spiro atoms. The number of piperidine rings is 1. The molecule has 0 atom stereocenters. The molecule has 1 saturated heterocycles. The van der Waals surface area contributed by atoms with E-state index in [1.807, 2.05) is 27.0 Å². The Bertz CT molecular complexity index is 614. The number of nitrogens with zero attached hydrogens (tertiary/aromatic N) is 2. The topological polar surface area (TPSA) is 67.9 Å². The monoisotopic (exact) mass is 471 g/mol. The molecule has 25 heavy (non-hydrogen) atoms. The van der Waals surface area contributed by atoms with Gasteiger partial charge in [-0.15, -0.1) is 0 Å². The molecule has 0 unspecified atom stereocenters. The van der Waals surface area contributed by atoms with Gasteiger partial charge in [0.15, 0.2) is 0 Å². The number of carbonyl (C=O) groups excluding carboxylic acids is 1. The number of thiophene rings is 1. The summed E-state index contributed by atoms with van der Waals surface area (Å²) < 4.78 is 7.71. The number of rotatable bonds is 4. The summed E-state index contributed by atoms with van der Waals surface area (Å²) in [5, 5.41) is 0.881. The Hall–Kier alpha value is -0.761. The molecule has 2 heterocycles. The van der Waals surface area contributed by atoms with Crippen LogP contribution in [-0.2, 0) is 4.74 Å². The number of nitrogen functional groups attached to an aromatic ring is 1. The predicted octanol–water partition coefficient (Wildman–Crippen LogP) is 3.31. The van der Waals surface area contributed by atoms with Crippen molar-refractivity contribution in [2.75, 3.05) is 18.8 Å². The molecule has 1 amide bonds. The van der Waals surface area contributed by atoms with Gasteiger partial charge in [-0.05, 0) is 20.8 Å².